The number of carboxylic acid groups (broad SMARTS) is 1. The number of methoxy groups -OCH3 is 1. The molecule has 0 radical (unpaired) electrons. The van der Waals surface area contributed by atoms with Crippen molar-refractivity contribution in [1.82, 2.24) is 5.32 Å². The third-order valence-electron chi connectivity index (χ3n) is 3.49. The van der Waals surface area contributed by atoms with Crippen LogP contribution >= 0.6 is 0 Å². The van der Waals surface area contributed by atoms with Gasteiger partial charge >= 0.3 is 11.9 Å². The Kier molecular flexibility index (Phi) is 8.80. The Labute approximate surface area is 147 Å². The smallest absolute Gasteiger partial charge is 0.328 e. The van der Waals surface area contributed by atoms with Gasteiger partial charge in [0.25, 0.3) is 5.91 Å². The van der Waals surface area contributed by atoms with Gasteiger partial charge in [0.15, 0.2) is 0 Å². The zero-order valence-electron chi connectivity index (χ0n) is 14.5. The molecule has 0 unspecified atom stereocenters. The molecule has 0 aliphatic heterocycles. The molecule has 1 aromatic rings. The molecule has 1 aromatic carbocycles. The topological polar surface area (TPSA) is 92.7 Å². The molecule has 0 fully saturated rings. The maximum atomic E-state index is 12.3. The molecule has 0 bridgehead atoms. The summed E-state index contributed by atoms with van der Waals surface area (Å²) in [7, 11) is 1.26. The predicted octanol–water partition coefficient (Wildman–Crippen LogP) is 2.36. The number of benzene rings is 1. The Morgan fingerprint density at radius 2 is 1.92 bits per heavy atom. The van der Waals surface area contributed by atoms with Crippen molar-refractivity contribution in [2.75, 3.05) is 7.11 Å². The van der Waals surface area contributed by atoms with Gasteiger partial charge in [-0.2, -0.15) is 0 Å². The van der Waals surface area contributed by atoms with Gasteiger partial charge in [0.2, 0.25) is 0 Å². The number of amides is 1. The number of hydrogen-bond acceptors (Lipinski definition) is 4. The largest absolute Gasteiger partial charge is 0.481 e. The lowest BCUT2D eigenvalue weighted by Crippen LogP contribution is -2.39. The number of unbranched alkanes of at least 4 members (excludes halogenated alkanes) is 3. The number of esters is 1. The molecule has 1 atom stereocenters. The van der Waals surface area contributed by atoms with E-state index >= 15 is 0 Å². The van der Waals surface area contributed by atoms with Crippen molar-refractivity contribution < 1.29 is 24.2 Å². The van der Waals surface area contributed by atoms with E-state index in [4.69, 9.17) is 5.11 Å². The summed E-state index contributed by atoms with van der Waals surface area (Å²) >= 11 is 0. The zero-order valence-corrected chi connectivity index (χ0v) is 14.5. The molecule has 1 rings (SSSR count). The molecule has 0 saturated heterocycles. The first kappa shape index (κ1) is 20.2. The van der Waals surface area contributed by atoms with Gasteiger partial charge in [-0.25, -0.2) is 4.79 Å². The van der Waals surface area contributed by atoms with Crippen LogP contribution in [0.15, 0.2) is 24.3 Å². The van der Waals surface area contributed by atoms with Crippen LogP contribution in [0.1, 0.15) is 54.9 Å². The van der Waals surface area contributed by atoms with E-state index in [0.717, 1.165) is 12.8 Å². The number of rotatable bonds is 8. The molecule has 0 aromatic heterocycles. The van der Waals surface area contributed by atoms with Gasteiger partial charge in [-0.05, 0) is 31.9 Å². The maximum Gasteiger partial charge on any atom is 0.328 e. The summed E-state index contributed by atoms with van der Waals surface area (Å²) in [6.07, 6.45) is 3.07. The maximum absolute atomic E-state index is 12.3. The van der Waals surface area contributed by atoms with E-state index in [1.54, 1.807) is 31.2 Å². The van der Waals surface area contributed by atoms with Crippen LogP contribution in [-0.2, 0) is 14.3 Å². The molecular formula is C19H23NO5. The first-order chi connectivity index (χ1) is 12.0. The average Bonchev–Trinajstić information content (AvgIpc) is 2.60. The Hall–Kier alpha value is -2.81. The van der Waals surface area contributed by atoms with Crippen LogP contribution in [0.3, 0.4) is 0 Å². The van der Waals surface area contributed by atoms with Gasteiger partial charge in [0, 0.05) is 18.4 Å². The summed E-state index contributed by atoms with van der Waals surface area (Å²) < 4.78 is 4.59. The van der Waals surface area contributed by atoms with Crippen LogP contribution in [0.5, 0.6) is 0 Å². The fraction of sp³-hybridized carbons (Fsp3) is 0.421. The Morgan fingerprint density at radius 3 is 2.60 bits per heavy atom. The van der Waals surface area contributed by atoms with Crippen LogP contribution in [0.25, 0.3) is 0 Å². The number of carboxylic acids is 1. The molecule has 6 nitrogen and oxygen atoms in total. The van der Waals surface area contributed by atoms with Gasteiger partial charge in [-0.3, -0.25) is 9.59 Å². The molecule has 6 heteroatoms. The molecule has 134 valence electrons. The number of hydrogen-bond donors (Lipinski definition) is 2. The second kappa shape index (κ2) is 10.9. The van der Waals surface area contributed by atoms with Crippen molar-refractivity contribution >= 4 is 17.8 Å². The van der Waals surface area contributed by atoms with Crippen LogP contribution in [0.2, 0.25) is 0 Å². The average molecular weight is 345 g/mol. The van der Waals surface area contributed by atoms with Gasteiger partial charge in [0.1, 0.15) is 6.04 Å². The van der Waals surface area contributed by atoms with Crippen LogP contribution in [0.4, 0.5) is 0 Å². The minimum Gasteiger partial charge on any atom is -0.481 e. The number of ether oxygens (including phenoxy) is 1. The molecule has 25 heavy (non-hydrogen) atoms. The van der Waals surface area contributed by atoms with Crippen molar-refractivity contribution in [1.29, 1.82) is 0 Å². The lowest BCUT2D eigenvalue weighted by molar-refractivity contribution is -0.142. The standard InChI is InChI=1S/C19H23NO5/c1-14(19(24)25-2)20-18(23)16-12-9-8-11-15(16)10-6-4-3-5-7-13-17(21)22/h8-9,11-12,14H,3-5,7,13H2,1-2H3,(H,20,23)(H,21,22)/t14-/m1/s1. The Balaban J connectivity index is 2.62. The summed E-state index contributed by atoms with van der Waals surface area (Å²) in [5.41, 5.74) is 0.985. The molecule has 0 aliphatic rings. The van der Waals surface area contributed by atoms with Crippen molar-refractivity contribution in [3.63, 3.8) is 0 Å². The summed E-state index contributed by atoms with van der Waals surface area (Å²) in [6, 6.07) is 6.17. The minimum absolute atomic E-state index is 0.175. The highest BCUT2D eigenvalue weighted by atomic mass is 16.5. The van der Waals surface area contributed by atoms with Crippen molar-refractivity contribution in [2.24, 2.45) is 0 Å². The summed E-state index contributed by atoms with van der Waals surface area (Å²) in [5, 5.41) is 11.1. The van der Waals surface area contributed by atoms with E-state index < -0.39 is 18.0 Å². The zero-order chi connectivity index (χ0) is 18.7. The molecule has 0 heterocycles. The van der Waals surface area contributed by atoms with Crippen LogP contribution < -0.4 is 5.32 Å². The summed E-state index contributed by atoms with van der Waals surface area (Å²) in [5.74, 6) is 4.28. The number of carbonyl (C=O) groups excluding carboxylic acids is 2. The van der Waals surface area contributed by atoms with E-state index in [0.29, 0.717) is 24.0 Å². The molecule has 0 saturated carbocycles. The van der Waals surface area contributed by atoms with Gasteiger partial charge in [-0.15, -0.1) is 0 Å². The summed E-state index contributed by atoms with van der Waals surface area (Å²) in [6.45, 7) is 1.55. The fourth-order valence-electron chi connectivity index (χ4n) is 2.12. The van der Waals surface area contributed by atoms with E-state index in [1.165, 1.54) is 7.11 Å². The normalized spacial score (nSPS) is 11.0. The SMILES string of the molecule is COC(=O)[C@@H](C)NC(=O)c1ccccc1C#CCCCCCC(=O)O. The van der Waals surface area contributed by atoms with E-state index in [1.807, 2.05) is 0 Å². The van der Waals surface area contributed by atoms with E-state index in [2.05, 4.69) is 21.9 Å². The Bertz CT molecular complexity index is 672. The van der Waals surface area contributed by atoms with Crippen LogP contribution in [-0.4, -0.2) is 36.1 Å². The third-order valence-corrected chi connectivity index (χ3v) is 3.49. The van der Waals surface area contributed by atoms with Gasteiger partial charge < -0.3 is 15.2 Å². The highest BCUT2D eigenvalue weighted by Gasteiger charge is 2.18. The second-order valence-electron chi connectivity index (χ2n) is 5.52. The highest BCUT2D eigenvalue weighted by molar-refractivity contribution is 5.98. The second-order valence-corrected chi connectivity index (χ2v) is 5.52. The van der Waals surface area contributed by atoms with Gasteiger partial charge in [0.05, 0.1) is 12.7 Å². The predicted molar refractivity (Wildman–Crippen MR) is 93.0 cm³/mol. The molecule has 0 aliphatic carbocycles. The van der Waals surface area contributed by atoms with E-state index in [9.17, 15) is 14.4 Å². The number of nitrogens with one attached hydrogen (secondary N) is 1. The van der Waals surface area contributed by atoms with Crippen LogP contribution in [0, 0.1) is 11.8 Å². The van der Waals surface area contributed by atoms with Crippen molar-refractivity contribution in [2.45, 2.75) is 45.1 Å². The van der Waals surface area contributed by atoms with E-state index in [-0.39, 0.29) is 12.3 Å². The monoisotopic (exact) mass is 345 g/mol. The number of aliphatic carboxylic acids is 1. The first-order valence-electron chi connectivity index (χ1n) is 8.14. The highest BCUT2D eigenvalue weighted by Crippen LogP contribution is 2.09. The lowest BCUT2D eigenvalue weighted by Gasteiger charge is -2.12. The molecule has 0 spiro atoms. The first-order valence-corrected chi connectivity index (χ1v) is 8.14. The molecule has 1 amide bonds. The molecule has 2 N–H and O–H groups in total. The van der Waals surface area contributed by atoms with Gasteiger partial charge in [-0.1, -0.05) is 30.4 Å². The third kappa shape index (κ3) is 7.53. The number of carbonyl (C=O) groups is 3. The minimum atomic E-state index is -0.785. The Morgan fingerprint density at radius 1 is 1.20 bits per heavy atom. The molecular weight excluding hydrogens is 322 g/mol. The van der Waals surface area contributed by atoms with Crippen molar-refractivity contribution in [3.8, 4) is 11.8 Å². The fourth-order valence-corrected chi connectivity index (χ4v) is 2.12. The summed E-state index contributed by atoms with van der Waals surface area (Å²) in [4.78, 5) is 34.1. The van der Waals surface area contributed by atoms with Crippen molar-refractivity contribution in [3.05, 3.63) is 35.4 Å². The lowest BCUT2D eigenvalue weighted by atomic mass is 10.1. The quantitative estimate of drug-likeness (QED) is 0.429.